The molecule has 3 rings (SSSR count). The lowest BCUT2D eigenvalue weighted by molar-refractivity contribution is 0.0951. The predicted molar refractivity (Wildman–Crippen MR) is 83.0 cm³/mol. The van der Waals surface area contributed by atoms with Gasteiger partial charge in [-0.15, -0.1) is 0 Å². The van der Waals surface area contributed by atoms with Gasteiger partial charge in [-0.2, -0.15) is 0 Å². The van der Waals surface area contributed by atoms with Crippen LogP contribution in [0.2, 0.25) is 0 Å². The summed E-state index contributed by atoms with van der Waals surface area (Å²) in [5.41, 5.74) is 4.92. The number of hydrogen-bond acceptors (Lipinski definition) is 4. The van der Waals surface area contributed by atoms with Crippen molar-refractivity contribution in [1.82, 2.24) is 9.97 Å². The van der Waals surface area contributed by atoms with Gasteiger partial charge in [-0.3, -0.25) is 4.79 Å². The number of ketones is 1. The SMILES string of the molecule is Cc1ccc(Nc2ncc3c(n2)C[C@@H](C)CC3=O)c(C)c1. The number of carbonyl (C=O) groups is 1. The Hall–Kier alpha value is -2.23. The molecule has 0 fully saturated rings. The average Bonchev–Trinajstić information content (AvgIpc) is 2.41. The summed E-state index contributed by atoms with van der Waals surface area (Å²) < 4.78 is 0. The van der Waals surface area contributed by atoms with E-state index in [0.717, 1.165) is 23.4 Å². The Morgan fingerprint density at radius 1 is 1.24 bits per heavy atom. The minimum absolute atomic E-state index is 0.154. The summed E-state index contributed by atoms with van der Waals surface area (Å²) in [4.78, 5) is 20.8. The molecule has 0 radical (unpaired) electrons. The van der Waals surface area contributed by atoms with Crippen LogP contribution in [0.1, 0.15) is 40.5 Å². The lowest BCUT2D eigenvalue weighted by Crippen LogP contribution is -2.20. The van der Waals surface area contributed by atoms with Crippen LogP contribution < -0.4 is 5.32 Å². The Morgan fingerprint density at radius 2 is 2.05 bits per heavy atom. The van der Waals surface area contributed by atoms with E-state index in [0.29, 0.717) is 23.9 Å². The van der Waals surface area contributed by atoms with E-state index in [9.17, 15) is 4.79 Å². The third kappa shape index (κ3) is 2.79. The summed E-state index contributed by atoms with van der Waals surface area (Å²) >= 11 is 0. The van der Waals surface area contributed by atoms with Gasteiger partial charge in [0.1, 0.15) is 0 Å². The van der Waals surface area contributed by atoms with Gasteiger partial charge in [0.05, 0.1) is 11.3 Å². The number of Topliss-reactive ketones (excluding diaryl/α,β-unsaturated/α-hetero) is 1. The van der Waals surface area contributed by atoms with E-state index in [1.165, 1.54) is 5.56 Å². The minimum Gasteiger partial charge on any atom is -0.324 e. The maximum Gasteiger partial charge on any atom is 0.227 e. The van der Waals surface area contributed by atoms with Gasteiger partial charge < -0.3 is 5.32 Å². The fourth-order valence-corrected chi connectivity index (χ4v) is 2.77. The molecule has 0 aliphatic heterocycles. The van der Waals surface area contributed by atoms with Gasteiger partial charge in [-0.1, -0.05) is 24.6 Å². The van der Waals surface area contributed by atoms with Crippen molar-refractivity contribution in [1.29, 1.82) is 0 Å². The first-order valence-corrected chi connectivity index (χ1v) is 7.26. The number of hydrogen-bond donors (Lipinski definition) is 1. The Kier molecular flexibility index (Phi) is 3.45. The van der Waals surface area contributed by atoms with E-state index in [-0.39, 0.29) is 5.78 Å². The first-order valence-electron chi connectivity index (χ1n) is 7.26. The Bertz CT molecular complexity index is 709. The average molecular weight is 281 g/mol. The van der Waals surface area contributed by atoms with E-state index in [4.69, 9.17) is 0 Å². The van der Waals surface area contributed by atoms with E-state index < -0.39 is 0 Å². The van der Waals surface area contributed by atoms with E-state index >= 15 is 0 Å². The van der Waals surface area contributed by atoms with Crippen molar-refractivity contribution in [2.75, 3.05) is 5.32 Å². The maximum atomic E-state index is 12.0. The fourth-order valence-electron chi connectivity index (χ4n) is 2.77. The molecule has 0 bridgehead atoms. The zero-order valence-corrected chi connectivity index (χ0v) is 12.6. The number of nitrogens with zero attached hydrogens (tertiary/aromatic N) is 2. The first kappa shape index (κ1) is 13.7. The monoisotopic (exact) mass is 281 g/mol. The molecule has 1 N–H and O–H groups in total. The Morgan fingerprint density at radius 3 is 2.81 bits per heavy atom. The molecular formula is C17H19N3O. The highest BCUT2D eigenvalue weighted by atomic mass is 16.1. The van der Waals surface area contributed by atoms with Gasteiger partial charge in [0.2, 0.25) is 5.95 Å². The van der Waals surface area contributed by atoms with Crippen molar-refractivity contribution in [3.63, 3.8) is 0 Å². The van der Waals surface area contributed by atoms with Crippen LogP contribution in [0.5, 0.6) is 0 Å². The second-order valence-electron chi connectivity index (χ2n) is 5.93. The van der Waals surface area contributed by atoms with Crippen molar-refractivity contribution in [2.24, 2.45) is 5.92 Å². The van der Waals surface area contributed by atoms with Crippen LogP contribution in [-0.4, -0.2) is 15.8 Å². The molecule has 0 amide bonds. The normalized spacial score (nSPS) is 17.5. The molecule has 4 nitrogen and oxygen atoms in total. The molecule has 1 aromatic heterocycles. The third-order valence-electron chi connectivity index (χ3n) is 3.87. The molecule has 1 aromatic carbocycles. The predicted octanol–water partition coefficient (Wildman–Crippen LogP) is 3.60. The summed E-state index contributed by atoms with van der Waals surface area (Å²) in [6.07, 6.45) is 3.09. The zero-order chi connectivity index (χ0) is 15.0. The minimum atomic E-state index is 0.154. The first-order chi connectivity index (χ1) is 10.0. The van der Waals surface area contributed by atoms with E-state index in [2.05, 4.69) is 48.2 Å². The highest BCUT2D eigenvalue weighted by Crippen LogP contribution is 2.25. The van der Waals surface area contributed by atoms with Gasteiger partial charge >= 0.3 is 0 Å². The van der Waals surface area contributed by atoms with Crippen LogP contribution >= 0.6 is 0 Å². The highest BCUT2D eigenvalue weighted by molar-refractivity contribution is 5.98. The van der Waals surface area contributed by atoms with E-state index in [1.54, 1.807) is 6.20 Å². The molecule has 1 aliphatic rings. The summed E-state index contributed by atoms with van der Waals surface area (Å²) in [6, 6.07) is 6.20. The molecule has 1 atom stereocenters. The molecule has 21 heavy (non-hydrogen) atoms. The van der Waals surface area contributed by atoms with Crippen LogP contribution in [0, 0.1) is 19.8 Å². The molecule has 108 valence electrons. The molecule has 0 spiro atoms. The van der Waals surface area contributed by atoms with Gasteiger partial charge in [0, 0.05) is 18.3 Å². The van der Waals surface area contributed by atoms with Gasteiger partial charge in [0.25, 0.3) is 0 Å². The van der Waals surface area contributed by atoms with Gasteiger partial charge in [-0.05, 0) is 37.8 Å². The van der Waals surface area contributed by atoms with Crippen molar-refractivity contribution >= 4 is 17.4 Å². The maximum absolute atomic E-state index is 12.0. The molecular weight excluding hydrogens is 262 g/mol. The molecule has 2 aromatic rings. The van der Waals surface area contributed by atoms with Gasteiger partial charge in [0.15, 0.2) is 5.78 Å². The Labute approximate surface area is 124 Å². The van der Waals surface area contributed by atoms with Crippen molar-refractivity contribution < 1.29 is 4.79 Å². The molecule has 0 saturated carbocycles. The summed E-state index contributed by atoms with van der Waals surface area (Å²) in [5, 5.41) is 3.25. The number of anilines is 2. The summed E-state index contributed by atoms with van der Waals surface area (Å²) in [6.45, 7) is 6.21. The van der Waals surface area contributed by atoms with Crippen LogP contribution in [0.15, 0.2) is 24.4 Å². The topological polar surface area (TPSA) is 54.9 Å². The van der Waals surface area contributed by atoms with E-state index in [1.807, 2.05) is 6.07 Å². The zero-order valence-electron chi connectivity index (χ0n) is 12.6. The van der Waals surface area contributed by atoms with Crippen LogP contribution in [0.4, 0.5) is 11.6 Å². The number of fused-ring (bicyclic) bond motifs is 1. The van der Waals surface area contributed by atoms with Crippen LogP contribution in [-0.2, 0) is 6.42 Å². The molecule has 4 heteroatoms. The summed E-state index contributed by atoms with van der Waals surface area (Å²) in [5.74, 6) is 1.07. The molecule has 1 heterocycles. The number of nitrogens with one attached hydrogen (secondary N) is 1. The van der Waals surface area contributed by atoms with Crippen molar-refractivity contribution in [2.45, 2.75) is 33.6 Å². The Balaban J connectivity index is 1.90. The molecule has 1 aliphatic carbocycles. The van der Waals surface area contributed by atoms with Crippen molar-refractivity contribution in [3.05, 3.63) is 46.8 Å². The summed E-state index contributed by atoms with van der Waals surface area (Å²) in [7, 11) is 0. The smallest absolute Gasteiger partial charge is 0.227 e. The lowest BCUT2D eigenvalue weighted by Gasteiger charge is -2.19. The van der Waals surface area contributed by atoms with Gasteiger partial charge in [-0.25, -0.2) is 9.97 Å². The second-order valence-corrected chi connectivity index (χ2v) is 5.93. The largest absolute Gasteiger partial charge is 0.324 e. The van der Waals surface area contributed by atoms with Crippen molar-refractivity contribution in [3.8, 4) is 0 Å². The lowest BCUT2D eigenvalue weighted by atomic mass is 9.88. The standard InChI is InChI=1S/C17H19N3O/c1-10-4-5-14(12(3)6-10)19-17-18-9-13-15(20-17)7-11(2)8-16(13)21/h4-6,9,11H,7-8H2,1-3H3,(H,18,19,20)/t11-/m1/s1. The number of aryl methyl sites for hydroxylation is 2. The quantitative estimate of drug-likeness (QED) is 0.913. The second kappa shape index (κ2) is 5.28. The fraction of sp³-hybridized carbons (Fsp3) is 0.353. The number of rotatable bonds is 2. The molecule has 0 unspecified atom stereocenters. The number of aromatic nitrogens is 2. The third-order valence-corrected chi connectivity index (χ3v) is 3.87. The molecule has 0 saturated heterocycles. The van der Waals surface area contributed by atoms with Crippen LogP contribution in [0.25, 0.3) is 0 Å². The highest BCUT2D eigenvalue weighted by Gasteiger charge is 2.24. The number of benzene rings is 1. The number of carbonyl (C=O) groups excluding carboxylic acids is 1. The van der Waals surface area contributed by atoms with Crippen LogP contribution in [0.3, 0.4) is 0 Å².